The Morgan fingerprint density at radius 1 is 1.36 bits per heavy atom. The normalized spacial score (nSPS) is 13.7. The summed E-state index contributed by atoms with van der Waals surface area (Å²) in [6.07, 6.45) is 0.598. The van der Waals surface area contributed by atoms with Crippen LogP contribution in [0.15, 0.2) is 12.1 Å². The summed E-state index contributed by atoms with van der Waals surface area (Å²) in [7, 11) is -1.37. The maximum Gasteiger partial charge on any atom is 0.332 e. The third-order valence-corrected chi connectivity index (χ3v) is 8.34. The monoisotopic (exact) mass is 215 g/mol. The van der Waals surface area contributed by atoms with E-state index in [4.69, 9.17) is 6.11 Å². The number of hydrogen-bond acceptors (Lipinski definition) is 2. The maximum absolute atomic E-state index is 11.4. The highest BCUT2D eigenvalue weighted by Crippen LogP contribution is 2.20. The van der Waals surface area contributed by atoms with Crippen LogP contribution >= 0.6 is 0 Å². The second kappa shape index (κ2) is 6.01. The molecule has 0 heterocycles. The van der Waals surface area contributed by atoms with Gasteiger partial charge in [0.15, 0.2) is 0 Å². The zero-order valence-corrected chi connectivity index (χ0v) is 10.7. The molecular weight excluding hydrogens is 192 g/mol. The molecule has 0 aliphatic carbocycles. The number of hydrogen-bond donors (Lipinski definition) is 0. The van der Waals surface area contributed by atoms with E-state index in [1.807, 2.05) is 0 Å². The predicted molar refractivity (Wildman–Crippen MR) is 63.0 cm³/mol. The van der Waals surface area contributed by atoms with E-state index >= 15 is 0 Å². The predicted octanol–water partition coefficient (Wildman–Crippen LogP) is 3.15. The van der Waals surface area contributed by atoms with E-state index in [9.17, 15) is 4.79 Å². The molecule has 0 amide bonds. The second-order valence-corrected chi connectivity index (χ2v) is 9.23. The van der Waals surface area contributed by atoms with Crippen molar-refractivity contribution >= 4 is 14.0 Å². The van der Waals surface area contributed by atoms with Crippen LogP contribution < -0.4 is 0 Å². The van der Waals surface area contributed by atoms with Crippen molar-refractivity contribution in [1.29, 1.82) is 0 Å². The van der Waals surface area contributed by atoms with Gasteiger partial charge in [-0.3, -0.25) is 0 Å². The molecule has 14 heavy (non-hydrogen) atoms. The molecule has 82 valence electrons. The molecule has 0 fully saturated rings. The van der Waals surface area contributed by atoms with Crippen molar-refractivity contribution in [2.75, 3.05) is 6.23 Å². The van der Waals surface area contributed by atoms with E-state index in [-0.39, 0.29) is 5.97 Å². The van der Waals surface area contributed by atoms with Gasteiger partial charge in [-0.15, -0.1) is 0 Å². The first-order valence-electron chi connectivity index (χ1n) is 5.85. The first kappa shape index (κ1) is 11.5. The van der Waals surface area contributed by atoms with Crippen molar-refractivity contribution in [3.63, 3.8) is 0 Å². The standard InChI is InChI=1S/C11H22O2Si/c1-6-14(7-2,8-3)9-13-11(12)10(4)5/h4,6-9H2,1-3,5H3/i4D. The van der Waals surface area contributed by atoms with Crippen LogP contribution in [0.2, 0.25) is 18.1 Å². The number of carbonyl (C=O) groups excluding carboxylic acids is 1. The Hall–Kier alpha value is -0.573. The highest BCUT2D eigenvalue weighted by molar-refractivity contribution is 6.79. The van der Waals surface area contributed by atoms with E-state index < -0.39 is 8.07 Å². The van der Waals surface area contributed by atoms with Gasteiger partial charge in [-0.05, 0) is 6.92 Å². The fourth-order valence-corrected chi connectivity index (χ4v) is 3.94. The quantitative estimate of drug-likeness (QED) is 0.386. The highest BCUT2D eigenvalue weighted by Gasteiger charge is 2.28. The minimum absolute atomic E-state index is 0.336. The zero-order valence-electron chi connectivity index (χ0n) is 10.7. The Morgan fingerprint density at radius 2 is 1.86 bits per heavy atom. The second-order valence-electron chi connectivity index (χ2n) is 3.82. The van der Waals surface area contributed by atoms with Crippen molar-refractivity contribution in [3.05, 3.63) is 12.1 Å². The third kappa shape index (κ3) is 3.66. The fourth-order valence-electron chi connectivity index (χ4n) is 1.39. The van der Waals surface area contributed by atoms with Crippen molar-refractivity contribution in [1.82, 2.24) is 0 Å². The summed E-state index contributed by atoms with van der Waals surface area (Å²) in [4.78, 5) is 11.4. The Bertz CT molecular complexity index is 226. The van der Waals surface area contributed by atoms with Crippen LogP contribution in [0, 0.1) is 0 Å². The number of carbonyl (C=O) groups is 1. The van der Waals surface area contributed by atoms with Gasteiger partial charge in [-0.25, -0.2) is 4.79 Å². The van der Waals surface area contributed by atoms with Gasteiger partial charge in [-0.2, -0.15) is 0 Å². The molecule has 0 atom stereocenters. The SMILES string of the molecule is [2H]C=C(C)C(=O)OC[Si](CC)(CC)CC. The van der Waals surface area contributed by atoms with Crippen LogP contribution in [-0.2, 0) is 9.53 Å². The van der Waals surface area contributed by atoms with Gasteiger partial charge in [0.25, 0.3) is 0 Å². The Kier molecular flexibility index (Phi) is 4.94. The summed E-state index contributed by atoms with van der Waals surface area (Å²) in [5, 5.41) is 0. The molecule has 3 heteroatoms. The molecule has 0 N–H and O–H groups in total. The number of esters is 1. The lowest BCUT2D eigenvalue weighted by Crippen LogP contribution is -2.38. The summed E-state index contributed by atoms with van der Waals surface area (Å²) >= 11 is 0. The Labute approximate surface area is 89.8 Å². The molecule has 0 saturated carbocycles. The van der Waals surface area contributed by atoms with Crippen LogP contribution in [0.1, 0.15) is 29.1 Å². The molecule has 0 spiro atoms. The van der Waals surface area contributed by atoms with E-state index in [2.05, 4.69) is 20.8 Å². The molecule has 0 aliphatic heterocycles. The summed E-state index contributed by atoms with van der Waals surface area (Å²) in [5.74, 6) is -0.336. The molecular formula is C11H22O2Si. The van der Waals surface area contributed by atoms with Crippen molar-refractivity contribution in [2.24, 2.45) is 0 Å². The van der Waals surface area contributed by atoms with E-state index in [0.29, 0.717) is 11.8 Å². The van der Waals surface area contributed by atoms with Crippen molar-refractivity contribution < 1.29 is 10.9 Å². The van der Waals surface area contributed by atoms with Crippen LogP contribution in [0.3, 0.4) is 0 Å². The van der Waals surface area contributed by atoms with Crippen LogP contribution in [-0.4, -0.2) is 20.3 Å². The van der Waals surface area contributed by atoms with Gasteiger partial charge >= 0.3 is 5.97 Å². The minimum Gasteiger partial charge on any atom is -0.466 e. The Morgan fingerprint density at radius 3 is 2.21 bits per heavy atom. The van der Waals surface area contributed by atoms with Crippen molar-refractivity contribution in [2.45, 2.75) is 45.8 Å². The largest absolute Gasteiger partial charge is 0.466 e. The van der Waals surface area contributed by atoms with E-state index in [1.165, 1.54) is 0 Å². The number of ether oxygens (including phenoxy) is 1. The maximum atomic E-state index is 11.4. The molecule has 0 bridgehead atoms. The van der Waals surface area contributed by atoms with Gasteiger partial charge in [-0.1, -0.05) is 45.5 Å². The molecule has 0 aromatic heterocycles. The topological polar surface area (TPSA) is 26.3 Å². The van der Waals surface area contributed by atoms with Crippen LogP contribution in [0.5, 0.6) is 0 Å². The van der Waals surface area contributed by atoms with Gasteiger partial charge in [0.2, 0.25) is 0 Å². The van der Waals surface area contributed by atoms with Crippen LogP contribution in [0.4, 0.5) is 0 Å². The summed E-state index contributed by atoms with van der Waals surface area (Å²) in [5.41, 5.74) is 0.376. The molecule has 0 aliphatic rings. The molecule has 0 saturated heterocycles. The van der Waals surface area contributed by atoms with Gasteiger partial charge in [0, 0.05) is 5.57 Å². The van der Waals surface area contributed by atoms with E-state index in [0.717, 1.165) is 24.7 Å². The van der Waals surface area contributed by atoms with Crippen LogP contribution in [0.25, 0.3) is 0 Å². The average molecular weight is 215 g/mol. The fraction of sp³-hybridized carbons (Fsp3) is 0.727. The first-order valence-corrected chi connectivity index (χ1v) is 8.10. The molecule has 0 aromatic rings. The third-order valence-electron chi connectivity index (χ3n) is 3.08. The lowest BCUT2D eigenvalue weighted by Gasteiger charge is -2.26. The van der Waals surface area contributed by atoms with Crippen molar-refractivity contribution in [3.8, 4) is 0 Å². The average Bonchev–Trinajstić information content (AvgIpc) is 2.30. The summed E-state index contributed by atoms with van der Waals surface area (Å²) < 4.78 is 12.2. The molecule has 0 radical (unpaired) electrons. The smallest absolute Gasteiger partial charge is 0.332 e. The van der Waals surface area contributed by atoms with Gasteiger partial charge < -0.3 is 4.74 Å². The van der Waals surface area contributed by atoms with E-state index in [1.54, 1.807) is 6.92 Å². The molecule has 0 rings (SSSR count). The molecule has 2 nitrogen and oxygen atoms in total. The minimum atomic E-state index is -1.37. The van der Waals surface area contributed by atoms with Gasteiger partial charge in [0.1, 0.15) is 0 Å². The summed E-state index contributed by atoms with van der Waals surface area (Å²) in [6.45, 7) is 9.21. The summed E-state index contributed by atoms with van der Waals surface area (Å²) in [6, 6.07) is 3.45. The zero-order chi connectivity index (χ0) is 11.9. The molecule has 0 unspecified atom stereocenters. The first-order chi connectivity index (χ1) is 7.05. The van der Waals surface area contributed by atoms with Gasteiger partial charge in [0.05, 0.1) is 15.7 Å². The Balaban J connectivity index is 4.29. The molecule has 0 aromatic carbocycles. The lowest BCUT2D eigenvalue weighted by molar-refractivity contribution is -0.137. The highest BCUT2D eigenvalue weighted by atomic mass is 28.3. The number of rotatable bonds is 6. The lowest BCUT2D eigenvalue weighted by atomic mass is 10.4.